The van der Waals surface area contributed by atoms with Gasteiger partial charge in [0.1, 0.15) is 5.82 Å². The molecule has 1 fully saturated rings. The molecule has 0 unspecified atom stereocenters. The van der Waals surface area contributed by atoms with Gasteiger partial charge in [0, 0.05) is 37.9 Å². The number of aromatic nitrogens is 2. The van der Waals surface area contributed by atoms with Crippen LogP contribution in [0.4, 0.5) is 11.8 Å². The fraction of sp³-hybridized carbons (Fsp3) is 0.714. The average Bonchev–Trinajstić information content (AvgIpc) is 2.44. The van der Waals surface area contributed by atoms with E-state index < -0.39 is 0 Å². The molecule has 106 valence electrons. The third-order valence-corrected chi connectivity index (χ3v) is 3.66. The first-order chi connectivity index (χ1) is 9.22. The second-order valence-electron chi connectivity index (χ2n) is 5.24. The predicted molar refractivity (Wildman–Crippen MR) is 79.7 cm³/mol. The zero-order valence-electron chi connectivity index (χ0n) is 12.2. The van der Waals surface area contributed by atoms with Crippen LogP contribution < -0.4 is 10.6 Å². The quantitative estimate of drug-likeness (QED) is 0.852. The lowest BCUT2D eigenvalue weighted by Crippen LogP contribution is -2.39. The minimum Gasteiger partial charge on any atom is -0.367 e. The normalized spacial score (nSPS) is 17.4. The first kappa shape index (κ1) is 14.1. The third-order valence-electron chi connectivity index (χ3n) is 3.66. The van der Waals surface area contributed by atoms with Crippen LogP contribution >= 0.6 is 0 Å². The molecule has 0 spiro atoms. The lowest BCUT2D eigenvalue weighted by molar-refractivity contribution is 0.219. The van der Waals surface area contributed by atoms with Gasteiger partial charge in [-0.15, -0.1) is 0 Å². The summed E-state index contributed by atoms with van der Waals surface area (Å²) in [6.07, 6.45) is 5.50. The number of anilines is 2. The van der Waals surface area contributed by atoms with Gasteiger partial charge in [0.2, 0.25) is 5.95 Å². The molecule has 5 nitrogen and oxygen atoms in total. The van der Waals surface area contributed by atoms with Crippen LogP contribution in [0.2, 0.25) is 0 Å². The molecule has 1 aromatic rings. The summed E-state index contributed by atoms with van der Waals surface area (Å²) in [7, 11) is 1.84. The SMILES string of the molecule is CCCN1CCC(Nc2nc(NC)ncc2C)CC1. The fourth-order valence-corrected chi connectivity index (χ4v) is 2.52. The summed E-state index contributed by atoms with van der Waals surface area (Å²) >= 11 is 0. The van der Waals surface area contributed by atoms with Crippen molar-refractivity contribution in [1.82, 2.24) is 14.9 Å². The Hall–Kier alpha value is -1.36. The molecule has 0 saturated carbocycles. The summed E-state index contributed by atoms with van der Waals surface area (Å²) in [4.78, 5) is 11.3. The standard InChI is InChI=1S/C14H25N5/c1-4-7-19-8-5-12(6-9-19)17-13-11(2)10-16-14(15-3)18-13/h10,12H,4-9H2,1-3H3,(H2,15,16,17,18). The van der Waals surface area contributed by atoms with E-state index in [4.69, 9.17) is 0 Å². The van der Waals surface area contributed by atoms with E-state index in [0.29, 0.717) is 12.0 Å². The molecule has 0 aliphatic carbocycles. The highest BCUT2D eigenvalue weighted by Crippen LogP contribution is 2.18. The molecule has 0 bridgehead atoms. The monoisotopic (exact) mass is 263 g/mol. The Balaban J connectivity index is 1.91. The zero-order chi connectivity index (χ0) is 13.7. The minimum absolute atomic E-state index is 0.534. The van der Waals surface area contributed by atoms with Gasteiger partial charge in [0.25, 0.3) is 0 Å². The van der Waals surface area contributed by atoms with Gasteiger partial charge in [-0.1, -0.05) is 6.92 Å². The molecule has 5 heteroatoms. The number of nitrogens with one attached hydrogen (secondary N) is 2. The molecule has 2 rings (SSSR count). The van der Waals surface area contributed by atoms with Gasteiger partial charge < -0.3 is 15.5 Å². The van der Waals surface area contributed by atoms with Crippen LogP contribution in [0, 0.1) is 6.92 Å². The van der Waals surface area contributed by atoms with Gasteiger partial charge in [-0.05, 0) is 32.7 Å². The second kappa shape index (κ2) is 6.70. The summed E-state index contributed by atoms with van der Waals surface area (Å²) < 4.78 is 0. The van der Waals surface area contributed by atoms with Crippen LogP contribution in [0.15, 0.2) is 6.20 Å². The van der Waals surface area contributed by atoms with E-state index in [9.17, 15) is 0 Å². The van der Waals surface area contributed by atoms with Gasteiger partial charge in [-0.2, -0.15) is 4.98 Å². The molecule has 2 N–H and O–H groups in total. The first-order valence-electron chi connectivity index (χ1n) is 7.23. The van der Waals surface area contributed by atoms with Crippen molar-refractivity contribution < 1.29 is 0 Å². The molecule has 2 heterocycles. The Bertz CT molecular complexity index is 399. The Morgan fingerprint density at radius 2 is 2.11 bits per heavy atom. The van der Waals surface area contributed by atoms with Gasteiger partial charge in [0.05, 0.1) is 0 Å². The molecule has 0 radical (unpaired) electrons. The number of nitrogens with zero attached hydrogens (tertiary/aromatic N) is 3. The highest BCUT2D eigenvalue weighted by Gasteiger charge is 2.19. The largest absolute Gasteiger partial charge is 0.367 e. The maximum Gasteiger partial charge on any atom is 0.224 e. The second-order valence-corrected chi connectivity index (χ2v) is 5.24. The number of aryl methyl sites for hydroxylation is 1. The molecular formula is C14H25N5. The minimum atomic E-state index is 0.534. The summed E-state index contributed by atoms with van der Waals surface area (Å²) in [6.45, 7) is 7.90. The summed E-state index contributed by atoms with van der Waals surface area (Å²) in [5.74, 6) is 1.64. The van der Waals surface area contributed by atoms with Crippen molar-refractivity contribution in [2.75, 3.05) is 37.3 Å². The van der Waals surface area contributed by atoms with Gasteiger partial charge >= 0.3 is 0 Å². The number of rotatable bonds is 5. The molecule has 1 aliphatic rings. The summed E-state index contributed by atoms with van der Waals surface area (Å²) in [5.41, 5.74) is 1.11. The van der Waals surface area contributed by atoms with Crippen LogP contribution in [0.25, 0.3) is 0 Å². The van der Waals surface area contributed by atoms with Crippen LogP contribution in [-0.2, 0) is 0 Å². The van der Waals surface area contributed by atoms with Gasteiger partial charge in [-0.25, -0.2) is 4.98 Å². The van der Waals surface area contributed by atoms with Crippen molar-refractivity contribution >= 4 is 11.8 Å². The first-order valence-corrected chi connectivity index (χ1v) is 7.23. The smallest absolute Gasteiger partial charge is 0.224 e. The maximum absolute atomic E-state index is 4.49. The zero-order valence-corrected chi connectivity index (χ0v) is 12.2. The molecule has 0 amide bonds. The number of likely N-dealkylation sites (tertiary alicyclic amines) is 1. The molecule has 1 aromatic heterocycles. The number of hydrogen-bond donors (Lipinski definition) is 2. The van der Waals surface area contributed by atoms with E-state index >= 15 is 0 Å². The Morgan fingerprint density at radius 3 is 2.74 bits per heavy atom. The fourth-order valence-electron chi connectivity index (χ4n) is 2.52. The van der Waals surface area contributed by atoms with E-state index in [1.807, 2.05) is 20.2 Å². The van der Waals surface area contributed by atoms with Gasteiger partial charge in [-0.3, -0.25) is 0 Å². The lowest BCUT2D eigenvalue weighted by atomic mass is 10.0. The third kappa shape index (κ3) is 3.80. The van der Waals surface area contributed by atoms with Gasteiger partial charge in [0.15, 0.2) is 0 Å². The van der Waals surface area contributed by atoms with E-state index in [-0.39, 0.29) is 0 Å². The lowest BCUT2D eigenvalue weighted by Gasteiger charge is -2.32. The maximum atomic E-state index is 4.49. The molecule has 0 atom stereocenters. The van der Waals surface area contributed by atoms with Crippen molar-refractivity contribution in [2.24, 2.45) is 0 Å². The van der Waals surface area contributed by atoms with Crippen molar-refractivity contribution in [2.45, 2.75) is 39.2 Å². The van der Waals surface area contributed by atoms with Crippen molar-refractivity contribution in [3.8, 4) is 0 Å². The topological polar surface area (TPSA) is 53.1 Å². The molecule has 1 aliphatic heterocycles. The molecule has 19 heavy (non-hydrogen) atoms. The van der Waals surface area contributed by atoms with Crippen LogP contribution in [0.3, 0.4) is 0 Å². The number of hydrogen-bond acceptors (Lipinski definition) is 5. The average molecular weight is 263 g/mol. The highest BCUT2D eigenvalue weighted by atomic mass is 15.2. The van der Waals surface area contributed by atoms with Crippen LogP contribution in [0.5, 0.6) is 0 Å². The van der Waals surface area contributed by atoms with Crippen LogP contribution in [-0.4, -0.2) is 47.6 Å². The van der Waals surface area contributed by atoms with Crippen molar-refractivity contribution in [1.29, 1.82) is 0 Å². The van der Waals surface area contributed by atoms with E-state index in [1.54, 1.807) is 0 Å². The number of piperidine rings is 1. The van der Waals surface area contributed by atoms with Crippen LogP contribution in [0.1, 0.15) is 31.7 Å². The highest BCUT2D eigenvalue weighted by molar-refractivity contribution is 5.46. The van der Waals surface area contributed by atoms with E-state index in [0.717, 1.165) is 11.4 Å². The Kier molecular flexibility index (Phi) is 4.96. The van der Waals surface area contributed by atoms with E-state index in [1.165, 1.54) is 38.9 Å². The molecule has 0 aromatic carbocycles. The van der Waals surface area contributed by atoms with Crippen molar-refractivity contribution in [3.63, 3.8) is 0 Å². The Labute approximate surface area is 115 Å². The summed E-state index contributed by atoms with van der Waals surface area (Å²) in [5, 5.41) is 6.55. The molecule has 1 saturated heterocycles. The Morgan fingerprint density at radius 1 is 1.37 bits per heavy atom. The molecular weight excluding hydrogens is 238 g/mol. The van der Waals surface area contributed by atoms with Crippen molar-refractivity contribution in [3.05, 3.63) is 11.8 Å². The summed E-state index contributed by atoms with van der Waals surface area (Å²) in [6, 6.07) is 0.534. The van der Waals surface area contributed by atoms with E-state index in [2.05, 4.69) is 32.4 Å². The predicted octanol–water partition coefficient (Wildman–Crippen LogP) is 2.11.